The minimum absolute atomic E-state index is 0.0305. The molecule has 0 saturated heterocycles. The molecule has 1 aliphatic carbocycles. The molecule has 1 aliphatic rings. The fourth-order valence-corrected chi connectivity index (χ4v) is 2.70. The third kappa shape index (κ3) is 4.58. The maximum Gasteiger partial charge on any atom is 0.416 e. The van der Waals surface area contributed by atoms with E-state index >= 15 is 0 Å². The standard InChI is InChI=1S/C19H19F3N4/c1-18(7-8-18)24-9-3-6-15-11-16(26-17(12-23)25-15)13-4-2-5-14(10-13)19(20,21)22/h2,4-5,10-11,24H,3,6-9H2,1H3. The molecule has 7 heteroatoms. The second kappa shape index (κ2) is 7.04. The highest BCUT2D eigenvalue weighted by Crippen LogP contribution is 2.34. The summed E-state index contributed by atoms with van der Waals surface area (Å²) in [6.07, 6.45) is -0.599. The highest BCUT2D eigenvalue weighted by molar-refractivity contribution is 5.61. The largest absolute Gasteiger partial charge is 0.416 e. The molecule has 1 N–H and O–H groups in total. The lowest BCUT2D eigenvalue weighted by Crippen LogP contribution is -2.28. The van der Waals surface area contributed by atoms with E-state index in [2.05, 4.69) is 22.2 Å². The van der Waals surface area contributed by atoms with Crippen LogP contribution >= 0.6 is 0 Å². The van der Waals surface area contributed by atoms with Crippen molar-refractivity contribution in [2.24, 2.45) is 0 Å². The van der Waals surface area contributed by atoms with Gasteiger partial charge in [-0.1, -0.05) is 12.1 Å². The first-order valence-corrected chi connectivity index (χ1v) is 8.50. The Morgan fingerprint density at radius 2 is 2.00 bits per heavy atom. The maximum absolute atomic E-state index is 12.9. The fourth-order valence-electron chi connectivity index (χ4n) is 2.70. The Morgan fingerprint density at radius 3 is 2.65 bits per heavy atom. The number of hydrogen-bond acceptors (Lipinski definition) is 4. The number of benzene rings is 1. The smallest absolute Gasteiger partial charge is 0.312 e. The summed E-state index contributed by atoms with van der Waals surface area (Å²) in [7, 11) is 0. The molecule has 26 heavy (non-hydrogen) atoms. The number of rotatable bonds is 6. The zero-order valence-electron chi connectivity index (χ0n) is 14.4. The Morgan fingerprint density at radius 1 is 1.23 bits per heavy atom. The van der Waals surface area contributed by atoms with Gasteiger partial charge in [-0.05, 0) is 57.4 Å². The van der Waals surface area contributed by atoms with Gasteiger partial charge in [-0.3, -0.25) is 0 Å². The molecule has 0 aliphatic heterocycles. The number of halogens is 3. The predicted octanol–water partition coefficient (Wildman–Crippen LogP) is 4.11. The van der Waals surface area contributed by atoms with Crippen LogP contribution in [0, 0.1) is 11.3 Å². The second-order valence-corrected chi connectivity index (χ2v) is 6.85. The van der Waals surface area contributed by atoms with Crippen molar-refractivity contribution >= 4 is 0 Å². The highest BCUT2D eigenvalue weighted by Gasteiger charge is 2.36. The predicted molar refractivity (Wildman–Crippen MR) is 91.1 cm³/mol. The molecule has 3 rings (SSSR count). The first kappa shape index (κ1) is 18.3. The van der Waals surface area contributed by atoms with Crippen LogP contribution in [0.1, 0.15) is 43.3 Å². The molecular weight excluding hydrogens is 341 g/mol. The number of aryl methyl sites for hydroxylation is 1. The van der Waals surface area contributed by atoms with Crippen LogP contribution in [0.4, 0.5) is 13.2 Å². The minimum atomic E-state index is -4.42. The van der Waals surface area contributed by atoms with Gasteiger partial charge in [0.05, 0.1) is 11.3 Å². The van der Waals surface area contributed by atoms with E-state index in [1.54, 1.807) is 12.1 Å². The first-order valence-electron chi connectivity index (χ1n) is 8.50. The summed E-state index contributed by atoms with van der Waals surface area (Å²) in [6, 6.07) is 8.50. The Kier molecular flexibility index (Phi) is 4.97. The summed E-state index contributed by atoms with van der Waals surface area (Å²) in [5.41, 5.74) is 0.831. The van der Waals surface area contributed by atoms with Gasteiger partial charge in [0, 0.05) is 16.8 Å². The number of hydrogen-bond donors (Lipinski definition) is 1. The molecule has 0 amide bonds. The van der Waals surface area contributed by atoms with Crippen molar-refractivity contribution in [2.75, 3.05) is 6.54 Å². The van der Waals surface area contributed by atoms with Crippen LogP contribution in [0.15, 0.2) is 30.3 Å². The molecule has 2 aromatic rings. The number of nitrogens with zero attached hydrogens (tertiary/aromatic N) is 3. The van der Waals surface area contributed by atoms with Crippen LogP contribution < -0.4 is 5.32 Å². The van der Waals surface area contributed by atoms with E-state index in [1.165, 1.54) is 18.9 Å². The molecule has 136 valence electrons. The van der Waals surface area contributed by atoms with E-state index < -0.39 is 11.7 Å². The second-order valence-electron chi connectivity index (χ2n) is 6.85. The Hall–Kier alpha value is -2.46. The lowest BCUT2D eigenvalue weighted by atomic mass is 10.1. The Labute approximate surface area is 150 Å². The number of nitrogens with one attached hydrogen (secondary N) is 1. The van der Waals surface area contributed by atoms with E-state index in [1.807, 2.05) is 6.07 Å². The SMILES string of the molecule is CC1(NCCCc2cc(-c3cccc(C(F)(F)F)c3)nc(C#N)n2)CC1. The van der Waals surface area contributed by atoms with Crippen molar-refractivity contribution in [3.05, 3.63) is 47.4 Å². The summed E-state index contributed by atoms with van der Waals surface area (Å²) in [5, 5.41) is 12.6. The van der Waals surface area contributed by atoms with Gasteiger partial charge in [-0.2, -0.15) is 18.4 Å². The topological polar surface area (TPSA) is 61.6 Å². The summed E-state index contributed by atoms with van der Waals surface area (Å²) in [6.45, 7) is 3.01. The van der Waals surface area contributed by atoms with Gasteiger partial charge in [0.2, 0.25) is 5.82 Å². The lowest BCUT2D eigenvalue weighted by Gasteiger charge is -2.11. The van der Waals surface area contributed by atoms with E-state index in [9.17, 15) is 13.2 Å². The molecule has 1 aromatic carbocycles. The van der Waals surface area contributed by atoms with Crippen molar-refractivity contribution in [3.8, 4) is 17.3 Å². The summed E-state index contributed by atoms with van der Waals surface area (Å²) in [5.74, 6) is -0.0305. The van der Waals surface area contributed by atoms with E-state index in [0.717, 1.165) is 25.1 Å². The number of alkyl halides is 3. The molecule has 4 nitrogen and oxygen atoms in total. The van der Waals surface area contributed by atoms with Crippen LogP contribution in [-0.4, -0.2) is 22.1 Å². The van der Waals surface area contributed by atoms with Gasteiger partial charge in [0.15, 0.2) is 0 Å². The van der Waals surface area contributed by atoms with Gasteiger partial charge < -0.3 is 5.32 Å². The fraction of sp³-hybridized carbons (Fsp3) is 0.421. The number of aromatic nitrogens is 2. The zero-order chi connectivity index (χ0) is 18.8. The van der Waals surface area contributed by atoms with E-state index in [4.69, 9.17) is 5.26 Å². The molecular formula is C19H19F3N4. The van der Waals surface area contributed by atoms with Crippen molar-refractivity contribution in [2.45, 2.75) is 44.3 Å². The molecule has 0 bridgehead atoms. The van der Waals surface area contributed by atoms with Gasteiger partial charge in [0.1, 0.15) is 6.07 Å². The quantitative estimate of drug-likeness (QED) is 0.788. The van der Waals surface area contributed by atoms with Crippen LogP contribution in [0.2, 0.25) is 0 Å². The van der Waals surface area contributed by atoms with Crippen LogP contribution in [-0.2, 0) is 12.6 Å². The molecule has 0 radical (unpaired) electrons. The average Bonchev–Trinajstić information content (AvgIpc) is 3.35. The average molecular weight is 360 g/mol. The summed E-state index contributed by atoms with van der Waals surface area (Å²) < 4.78 is 38.8. The molecule has 0 spiro atoms. The summed E-state index contributed by atoms with van der Waals surface area (Å²) >= 11 is 0. The zero-order valence-corrected chi connectivity index (χ0v) is 14.4. The molecule has 1 fully saturated rings. The molecule has 1 saturated carbocycles. The van der Waals surface area contributed by atoms with Crippen LogP contribution in [0.25, 0.3) is 11.3 Å². The first-order chi connectivity index (χ1) is 12.3. The molecule has 1 heterocycles. The monoisotopic (exact) mass is 360 g/mol. The van der Waals surface area contributed by atoms with Gasteiger partial charge >= 0.3 is 6.18 Å². The third-order valence-corrected chi connectivity index (χ3v) is 4.53. The van der Waals surface area contributed by atoms with Crippen molar-refractivity contribution < 1.29 is 13.2 Å². The Bertz CT molecular complexity index is 835. The highest BCUT2D eigenvalue weighted by atomic mass is 19.4. The molecule has 1 aromatic heterocycles. The van der Waals surface area contributed by atoms with Gasteiger partial charge in [0.25, 0.3) is 0 Å². The molecule has 0 atom stereocenters. The maximum atomic E-state index is 12.9. The summed E-state index contributed by atoms with van der Waals surface area (Å²) in [4.78, 5) is 8.24. The van der Waals surface area contributed by atoms with Crippen molar-refractivity contribution in [1.29, 1.82) is 5.26 Å². The van der Waals surface area contributed by atoms with Crippen molar-refractivity contribution in [3.63, 3.8) is 0 Å². The van der Waals surface area contributed by atoms with Crippen molar-refractivity contribution in [1.82, 2.24) is 15.3 Å². The van der Waals surface area contributed by atoms with E-state index in [0.29, 0.717) is 23.4 Å². The van der Waals surface area contributed by atoms with Crippen LogP contribution in [0.3, 0.4) is 0 Å². The minimum Gasteiger partial charge on any atom is -0.312 e. The molecule has 0 unspecified atom stereocenters. The normalized spacial score (nSPS) is 15.5. The van der Waals surface area contributed by atoms with Gasteiger partial charge in [-0.25, -0.2) is 9.97 Å². The Balaban J connectivity index is 1.78. The number of nitriles is 1. The van der Waals surface area contributed by atoms with Gasteiger partial charge in [-0.15, -0.1) is 0 Å². The van der Waals surface area contributed by atoms with Crippen LogP contribution in [0.5, 0.6) is 0 Å². The third-order valence-electron chi connectivity index (χ3n) is 4.53. The van der Waals surface area contributed by atoms with E-state index in [-0.39, 0.29) is 11.4 Å². The lowest BCUT2D eigenvalue weighted by molar-refractivity contribution is -0.137.